The minimum atomic E-state index is -0.561. The lowest BCUT2D eigenvalue weighted by atomic mass is 10.3. The highest BCUT2D eigenvalue weighted by molar-refractivity contribution is 5.86. The predicted molar refractivity (Wildman–Crippen MR) is 88.3 cm³/mol. The SMILES string of the molecule is COc1cc(NC(=O)Oc2ccccc2)cnc1N1CCCC1. The van der Waals surface area contributed by atoms with E-state index in [1.165, 1.54) is 0 Å². The number of rotatable bonds is 4. The number of methoxy groups -OCH3 is 1. The fourth-order valence-electron chi connectivity index (χ4n) is 2.56. The van der Waals surface area contributed by atoms with Crippen molar-refractivity contribution in [2.75, 3.05) is 30.4 Å². The standard InChI is InChI=1S/C17H19N3O3/c1-22-15-11-13(12-18-16(15)20-9-5-6-10-20)19-17(21)23-14-7-3-2-4-8-14/h2-4,7-8,11-12H,5-6,9-10H2,1H3,(H,19,21). The van der Waals surface area contributed by atoms with Gasteiger partial charge in [-0.25, -0.2) is 9.78 Å². The molecule has 1 saturated heterocycles. The Labute approximate surface area is 135 Å². The topological polar surface area (TPSA) is 63.7 Å². The van der Waals surface area contributed by atoms with Crippen LogP contribution in [0.1, 0.15) is 12.8 Å². The molecule has 0 saturated carbocycles. The molecule has 2 heterocycles. The molecule has 23 heavy (non-hydrogen) atoms. The van der Waals surface area contributed by atoms with Crippen LogP contribution in [0.2, 0.25) is 0 Å². The van der Waals surface area contributed by atoms with E-state index in [2.05, 4.69) is 15.2 Å². The third-order valence-electron chi connectivity index (χ3n) is 3.66. The Hall–Kier alpha value is -2.76. The maximum absolute atomic E-state index is 11.9. The van der Waals surface area contributed by atoms with Crippen molar-refractivity contribution >= 4 is 17.6 Å². The van der Waals surface area contributed by atoms with E-state index in [-0.39, 0.29) is 0 Å². The van der Waals surface area contributed by atoms with Crippen LogP contribution >= 0.6 is 0 Å². The molecule has 1 amide bonds. The Morgan fingerprint density at radius 2 is 1.96 bits per heavy atom. The number of benzene rings is 1. The van der Waals surface area contributed by atoms with Crippen LogP contribution in [0.3, 0.4) is 0 Å². The molecule has 1 aromatic carbocycles. The molecule has 1 aliphatic rings. The highest BCUT2D eigenvalue weighted by Crippen LogP contribution is 2.30. The summed E-state index contributed by atoms with van der Waals surface area (Å²) in [4.78, 5) is 18.5. The molecule has 0 atom stereocenters. The molecule has 1 N–H and O–H groups in total. The number of carbonyl (C=O) groups excluding carboxylic acids is 1. The van der Waals surface area contributed by atoms with E-state index in [0.29, 0.717) is 17.2 Å². The Morgan fingerprint density at radius 3 is 2.65 bits per heavy atom. The summed E-state index contributed by atoms with van der Waals surface area (Å²) in [5, 5.41) is 2.66. The van der Waals surface area contributed by atoms with Crippen LogP contribution in [0.4, 0.5) is 16.3 Å². The van der Waals surface area contributed by atoms with Gasteiger partial charge < -0.3 is 14.4 Å². The number of hydrogen-bond donors (Lipinski definition) is 1. The third kappa shape index (κ3) is 3.71. The van der Waals surface area contributed by atoms with E-state index in [1.54, 1.807) is 43.6 Å². The van der Waals surface area contributed by atoms with Gasteiger partial charge in [0.2, 0.25) is 0 Å². The monoisotopic (exact) mass is 313 g/mol. The van der Waals surface area contributed by atoms with Gasteiger partial charge in [-0.1, -0.05) is 18.2 Å². The van der Waals surface area contributed by atoms with Crippen LogP contribution in [-0.4, -0.2) is 31.3 Å². The van der Waals surface area contributed by atoms with Crippen LogP contribution in [0, 0.1) is 0 Å². The van der Waals surface area contributed by atoms with E-state index >= 15 is 0 Å². The molecule has 2 aromatic rings. The summed E-state index contributed by atoms with van der Waals surface area (Å²) in [6, 6.07) is 10.7. The van der Waals surface area contributed by atoms with Gasteiger partial charge in [0.1, 0.15) is 5.75 Å². The number of pyridine rings is 1. The Bertz CT molecular complexity index is 670. The predicted octanol–water partition coefficient (Wildman–Crippen LogP) is 3.30. The summed E-state index contributed by atoms with van der Waals surface area (Å²) in [6.07, 6.45) is 3.37. The summed E-state index contributed by atoms with van der Waals surface area (Å²) in [6.45, 7) is 1.96. The number of ether oxygens (including phenoxy) is 2. The van der Waals surface area contributed by atoms with Crippen LogP contribution in [-0.2, 0) is 0 Å². The lowest BCUT2D eigenvalue weighted by Gasteiger charge is -2.19. The molecule has 3 rings (SSSR count). The van der Waals surface area contributed by atoms with Gasteiger partial charge in [-0.15, -0.1) is 0 Å². The van der Waals surface area contributed by atoms with Crippen molar-refractivity contribution in [3.8, 4) is 11.5 Å². The Morgan fingerprint density at radius 1 is 1.22 bits per heavy atom. The second kappa shape index (κ2) is 7.00. The van der Waals surface area contributed by atoms with Crippen molar-refractivity contribution < 1.29 is 14.3 Å². The van der Waals surface area contributed by atoms with E-state index in [0.717, 1.165) is 31.7 Å². The lowest BCUT2D eigenvalue weighted by molar-refractivity contribution is 0.215. The molecule has 1 aromatic heterocycles. The van der Waals surface area contributed by atoms with Crippen molar-refractivity contribution in [2.45, 2.75) is 12.8 Å². The first-order valence-corrected chi connectivity index (χ1v) is 7.59. The number of carbonyl (C=O) groups is 1. The first-order valence-electron chi connectivity index (χ1n) is 7.59. The fourth-order valence-corrected chi connectivity index (χ4v) is 2.56. The maximum Gasteiger partial charge on any atom is 0.417 e. The average molecular weight is 313 g/mol. The average Bonchev–Trinajstić information content (AvgIpc) is 3.10. The first-order chi connectivity index (χ1) is 11.3. The molecule has 6 heteroatoms. The zero-order chi connectivity index (χ0) is 16.1. The lowest BCUT2D eigenvalue weighted by Crippen LogP contribution is -2.21. The Kier molecular flexibility index (Phi) is 4.61. The van der Waals surface area contributed by atoms with Gasteiger partial charge in [0.25, 0.3) is 0 Å². The zero-order valence-corrected chi connectivity index (χ0v) is 13.0. The third-order valence-corrected chi connectivity index (χ3v) is 3.66. The molecule has 0 aliphatic carbocycles. The summed E-state index contributed by atoms with van der Waals surface area (Å²) in [5.41, 5.74) is 0.533. The van der Waals surface area contributed by atoms with Gasteiger partial charge in [-0.2, -0.15) is 0 Å². The number of para-hydroxylation sites is 1. The second-order valence-electron chi connectivity index (χ2n) is 5.27. The van der Waals surface area contributed by atoms with Gasteiger partial charge in [0, 0.05) is 19.2 Å². The van der Waals surface area contributed by atoms with Gasteiger partial charge in [-0.05, 0) is 25.0 Å². The van der Waals surface area contributed by atoms with Gasteiger partial charge in [0.15, 0.2) is 11.6 Å². The van der Waals surface area contributed by atoms with E-state index in [9.17, 15) is 4.79 Å². The van der Waals surface area contributed by atoms with E-state index in [4.69, 9.17) is 9.47 Å². The van der Waals surface area contributed by atoms with Crippen LogP contribution in [0.15, 0.2) is 42.6 Å². The van der Waals surface area contributed by atoms with Crippen molar-refractivity contribution in [1.82, 2.24) is 4.98 Å². The van der Waals surface area contributed by atoms with Crippen molar-refractivity contribution in [1.29, 1.82) is 0 Å². The smallest absolute Gasteiger partial charge is 0.417 e. The summed E-state index contributed by atoms with van der Waals surface area (Å²) in [5.74, 6) is 1.94. The molecule has 0 bridgehead atoms. The fraction of sp³-hybridized carbons (Fsp3) is 0.294. The molecule has 1 aliphatic heterocycles. The second-order valence-corrected chi connectivity index (χ2v) is 5.27. The van der Waals surface area contributed by atoms with Crippen LogP contribution in [0.5, 0.6) is 11.5 Å². The molecule has 0 radical (unpaired) electrons. The molecular weight excluding hydrogens is 294 g/mol. The zero-order valence-electron chi connectivity index (χ0n) is 13.0. The highest BCUT2D eigenvalue weighted by atomic mass is 16.6. The Balaban J connectivity index is 1.69. The van der Waals surface area contributed by atoms with Crippen molar-refractivity contribution in [3.63, 3.8) is 0 Å². The number of nitrogens with one attached hydrogen (secondary N) is 1. The number of amides is 1. The minimum Gasteiger partial charge on any atom is -0.493 e. The summed E-state index contributed by atoms with van der Waals surface area (Å²) in [7, 11) is 1.60. The number of nitrogens with zero attached hydrogens (tertiary/aromatic N) is 2. The molecule has 6 nitrogen and oxygen atoms in total. The molecule has 0 spiro atoms. The summed E-state index contributed by atoms with van der Waals surface area (Å²) < 4.78 is 10.6. The van der Waals surface area contributed by atoms with E-state index < -0.39 is 6.09 Å². The molecule has 1 fully saturated rings. The van der Waals surface area contributed by atoms with Gasteiger partial charge in [0.05, 0.1) is 19.0 Å². The van der Waals surface area contributed by atoms with Gasteiger partial charge in [-0.3, -0.25) is 5.32 Å². The number of hydrogen-bond acceptors (Lipinski definition) is 5. The minimum absolute atomic E-state index is 0.485. The molecule has 120 valence electrons. The largest absolute Gasteiger partial charge is 0.493 e. The molecular formula is C17H19N3O3. The van der Waals surface area contributed by atoms with Crippen LogP contribution in [0.25, 0.3) is 0 Å². The number of aromatic nitrogens is 1. The maximum atomic E-state index is 11.9. The summed E-state index contributed by atoms with van der Waals surface area (Å²) >= 11 is 0. The quantitative estimate of drug-likeness (QED) is 0.938. The molecule has 0 unspecified atom stereocenters. The number of anilines is 2. The first kappa shape index (κ1) is 15.1. The van der Waals surface area contributed by atoms with Crippen molar-refractivity contribution in [3.05, 3.63) is 42.6 Å². The van der Waals surface area contributed by atoms with Gasteiger partial charge >= 0.3 is 6.09 Å². The van der Waals surface area contributed by atoms with E-state index in [1.807, 2.05) is 6.07 Å². The highest BCUT2D eigenvalue weighted by Gasteiger charge is 2.18. The van der Waals surface area contributed by atoms with Crippen LogP contribution < -0.4 is 19.7 Å². The normalized spacial score (nSPS) is 13.7. The van der Waals surface area contributed by atoms with Crippen molar-refractivity contribution in [2.24, 2.45) is 0 Å².